The van der Waals surface area contributed by atoms with Crippen molar-refractivity contribution in [2.45, 2.75) is 38.5 Å². The van der Waals surface area contributed by atoms with Crippen LogP contribution < -0.4 is 20.9 Å². The number of hydrogen-bond donors (Lipinski definition) is 3. The lowest BCUT2D eigenvalue weighted by Crippen LogP contribution is -2.54. The van der Waals surface area contributed by atoms with Crippen LogP contribution in [-0.4, -0.2) is 46.1 Å². The van der Waals surface area contributed by atoms with E-state index in [1.165, 1.54) is 17.3 Å². The van der Waals surface area contributed by atoms with Crippen LogP contribution in [0.4, 0.5) is 5.69 Å². The molecule has 8 nitrogen and oxygen atoms in total. The number of carbonyl (C=O) groups is 1. The second-order valence-corrected chi connectivity index (χ2v) is 9.49. The normalized spacial score (nSPS) is 23.0. The van der Waals surface area contributed by atoms with Gasteiger partial charge < -0.3 is 20.0 Å². The Hall–Kier alpha value is -3.17. The second kappa shape index (κ2) is 8.99. The van der Waals surface area contributed by atoms with Gasteiger partial charge in [-0.25, -0.2) is 5.43 Å². The summed E-state index contributed by atoms with van der Waals surface area (Å²) < 4.78 is 5.27. The molecule has 1 fully saturated rings. The first-order chi connectivity index (χ1) is 16.0. The molecular formula is C24H28N6O2S. The summed E-state index contributed by atoms with van der Waals surface area (Å²) in [6.07, 6.45) is 5.02. The van der Waals surface area contributed by atoms with E-state index in [2.05, 4.69) is 49.4 Å². The molecule has 33 heavy (non-hydrogen) atoms. The number of amides is 1. The number of methoxy groups -OCH3 is 1. The number of ether oxygens (including phenoxy) is 1. The van der Waals surface area contributed by atoms with Gasteiger partial charge in [-0.15, -0.1) is 0 Å². The fourth-order valence-electron chi connectivity index (χ4n) is 4.58. The molecule has 9 heteroatoms. The highest BCUT2D eigenvalue weighted by Gasteiger charge is 2.44. The fourth-order valence-corrected chi connectivity index (χ4v) is 5.35. The highest BCUT2D eigenvalue weighted by molar-refractivity contribution is 8.14. The molecule has 5 rings (SSSR count). The van der Waals surface area contributed by atoms with E-state index in [0.717, 1.165) is 34.2 Å². The maximum absolute atomic E-state index is 12.5. The molecule has 0 aliphatic carbocycles. The summed E-state index contributed by atoms with van der Waals surface area (Å²) in [6, 6.07) is 14.7. The van der Waals surface area contributed by atoms with Crippen molar-refractivity contribution in [1.82, 2.24) is 20.8 Å². The van der Waals surface area contributed by atoms with Crippen LogP contribution in [0.1, 0.15) is 29.2 Å². The van der Waals surface area contributed by atoms with E-state index in [4.69, 9.17) is 4.74 Å². The first-order valence-electron chi connectivity index (χ1n) is 11.0. The lowest BCUT2D eigenvalue weighted by molar-refractivity contribution is -0.113. The van der Waals surface area contributed by atoms with Gasteiger partial charge in [0.25, 0.3) is 0 Å². The van der Waals surface area contributed by atoms with Gasteiger partial charge in [0.1, 0.15) is 11.9 Å². The van der Waals surface area contributed by atoms with Crippen LogP contribution in [0.25, 0.3) is 0 Å². The number of hydrazone groups is 1. The fraction of sp³-hybridized carbons (Fsp3) is 0.333. The molecule has 2 aromatic rings. The van der Waals surface area contributed by atoms with Crippen LogP contribution in [0.5, 0.6) is 5.75 Å². The van der Waals surface area contributed by atoms with Crippen LogP contribution in [0.2, 0.25) is 0 Å². The molecular weight excluding hydrogens is 436 g/mol. The van der Waals surface area contributed by atoms with Crippen molar-refractivity contribution >= 4 is 28.5 Å². The van der Waals surface area contributed by atoms with E-state index in [-0.39, 0.29) is 24.2 Å². The summed E-state index contributed by atoms with van der Waals surface area (Å²) in [4.78, 5) is 14.6. The number of aryl methyl sites for hydroxylation is 2. The number of fused-ring (bicyclic) bond motifs is 3. The number of thioether (sulfide) groups is 1. The molecule has 3 heterocycles. The van der Waals surface area contributed by atoms with Crippen LogP contribution >= 0.6 is 11.8 Å². The van der Waals surface area contributed by atoms with Gasteiger partial charge in [0.2, 0.25) is 5.91 Å². The molecule has 172 valence electrons. The van der Waals surface area contributed by atoms with Gasteiger partial charge in [-0.1, -0.05) is 30.0 Å². The van der Waals surface area contributed by atoms with Crippen LogP contribution in [0, 0.1) is 13.8 Å². The zero-order valence-corrected chi connectivity index (χ0v) is 19.7. The average Bonchev–Trinajstić information content (AvgIpc) is 3.41. The summed E-state index contributed by atoms with van der Waals surface area (Å²) in [5.41, 5.74) is 11.2. The van der Waals surface area contributed by atoms with Gasteiger partial charge in [0, 0.05) is 18.1 Å². The van der Waals surface area contributed by atoms with E-state index in [0.29, 0.717) is 5.75 Å². The number of hydrogen-bond acceptors (Lipinski definition) is 8. The smallest absolute Gasteiger partial charge is 0.234 e. The minimum atomic E-state index is -0.0409. The van der Waals surface area contributed by atoms with Gasteiger partial charge in [0.05, 0.1) is 24.9 Å². The monoisotopic (exact) mass is 464 g/mol. The Morgan fingerprint density at radius 1 is 1.18 bits per heavy atom. The van der Waals surface area contributed by atoms with E-state index in [1.807, 2.05) is 50.5 Å². The Labute approximate surface area is 198 Å². The quantitative estimate of drug-likeness (QED) is 0.627. The molecule has 0 aromatic heterocycles. The lowest BCUT2D eigenvalue weighted by atomic mass is 10.00. The Balaban J connectivity index is 1.18. The molecule has 3 aliphatic rings. The SMILES string of the molecule is COc1ccc(C2CC3C4NN=C(SCC(=O)Nc5cc(C)cc(C)c5)N4C=CN3N2)cc1. The standard InChI is InChI=1S/C24H28N6O2S/c1-15-10-16(2)12-18(11-15)25-22(31)14-33-24-27-26-23-21-13-20(28-30(21)9-8-29(23)24)17-4-6-19(32-3)7-5-17/h4-12,20-21,23,26,28H,13-14H2,1-3H3,(H,25,31). The molecule has 0 saturated carbocycles. The summed E-state index contributed by atoms with van der Waals surface area (Å²) in [6.45, 7) is 4.05. The number of nitrogens with zero attached hydrogens (tertiary/aromatic N) is 3. The van der Waals surface area contributed by atoms with Crippen LogP contribution in [0.15, 0.2) is 60.0 Å². The average molecular weight is 465 g/mol. The molecule has 2 aromatic carbocycles. The van der Waals surface area contributed by atoms with Crippen LogP contribution in [0.3, 0.4) is 0 Å². The number of benzene rings is 2. The maximum atomic E-state index is 12.5. The van der Waals surface area contributed by atoms with Gasteiger partial charge in [-0.3, -0.25) is 10.2 Å². The van der Waals surface area contributed by atoms with Crippen molar-refractivity contribution in [1.29, 1.82) is 0 Å². The molecule has 1 saturated heterocycles. The minimum Gasteiger partial charge on any atom is -0.497 e. The van der Waals surface area contributed by atoms with E-state index >= 15 is 0 Å². The van der Waals surface area contributed by atoms with Gasteiger partial charge in [-0.2, -0.15) is 5.10 Å². The summed E-state index contributed by atoms with van der Waals surface area (Å²) in [5.74, 6) is 1.11. The number of anilines is 1. The van der Waals surface area contributed by atoms with Gasteiger partial charge in [0.15, 0.2) is 5.17 Å². The van der Waals surface area contributed by atoms with Crippen molar-refractivity contribution in [3.05, 3.63) is 71.6 Å². The third-order valence-electron chi connectivity index (χ3n) is 6.06. The molecule has 0 radical (unpaired) electrons. The van der Waals surface area contributed by atoms with E-state index < -0.39 is 0 Å². The highest BCUT2D eigenvalue weighted by atomic mass is 32.2. The Kier molecular flexibility index (Phi) is 5.90. The number of hydrazine groups is 1. The molecule has 0 bridgehead atoms. The molecule has 3 atom stereocenters. The van der Waals surface area contributed by atoms with E-state index in [9.17, 15) is 4.79 Å². The number of amidine groups is 1. The van der Waals surface area contributed by atoms with Crippen molar-refractivity contribution in [2.75, 3.05) is 18.2 Å². The van der Waals surface area contributed by atoms with Crippen molar-refractivity contribution in [3.8, 4) is 5.75 Å². The van der Waals surface area contributed by atoms with Gasteiger partial charge in [-0.05, 0) is 61.2 Å². The molecule has 0 spiro atoms. The molecule has 1 amide bonds. The van der Waals surface area contributed by atoms with Crippen molar-refractivity contribution in [3.63, 3.8) is 0 Å². The summed E-state index contributed by atoms with van der Waals surface area (Å²) >= 11 is 1.44. The topological polar surface area (TPSA) is 81.2 Å². The zero-order chi connectivity index (χ0) is 22.9. The van der Waals surface area contributed by atoms with Gasteiger partial charge >= 0.3 is 0 Å². The largest absolute Gasteiger partial charge is 0.497 e. The van der Waals surface area contributed by atoms with Crippen LogP contribution in [-0.2, 0) is 4.79 Å². The number of rotatable bonds is 5. The predicted molar refractivity (Wildman–Crippen MR) is 131 cm³/mol. The number of carbonyl (C=O) groups excluding carboxylic acids is 1. The zero-order valence-electron chi connectivity index (χ0n) is 18.9. The van der Waals surface area contributed by atoms with E-state index in [1.54, 1.807) is 7.11 Å². The molecule has 3 aliphatic heterocycles. The lowest BCUT2D eigenvalue weighted by Gasteiger charge is -2.36. The number of nitrogens with one attached hydrogen (secondary N) is 3. The Morgan fingerprint density at radius 2 is 1.94 bits per heavy atom. The second-order valence-electron chi connectivity index (χ2n) is 8.55. The predicted octanol–water partition coefficient (Wildman–Crippen LogP) is 3.29. The first-order valence-corrected chi connectivity index (χ1v) is 12.0. The third kappa shape index (κ3) is 4.51. The van der Waals surface area contributed by atoms with Crippen molar-refractivity contribution < 1.29 is 9.53 Å². The molecule has 3 unspecified atom stereocenters. The maximum Gasteiger partial charge on any atom is 0.234 e. The first kappa shape index (κ1) is 21.7. The Morgan fingerprint density at radius 3 is 2.67 bits per heavy atom. The Bertz CT molecular complexity index is 1080. The third-order valence-corrected chi connectivity index (χ3v) is 7.03. The summed E-state index contributed by atoms with van der Waals surface area (Å²) in [5, 5.41) is 10.5. The van der Waals surface area contributed by atoms with Crippen molar-refractivity contribution in [2.24, 2.45) is 5.10 Å². The minimum absolute atomic E-state index is 0.0238. The summed E-state index contributed by atoms with van der Waals surface area (Å²) in [7, 11) is 1.68. The highest BCUT2D eigenvalue weighted by Crippen LogP contribution is 2.35. The molecule has 3 N–H and O–H groups in total.